The molecule has 7 N–H and O–H groups in total. The number of thioether (sulfide) groups is 1. The standard InChI is InChI=1S/C56H80IN3O19S/c1-14-21-33-32(15-2)22-19-17-18-20-23-36(41(33)28(5)59-56(66)71-13)76-55-50(77-38-25-37(67-9)34(26-72-38)58-16-3)45(63)43(29(6)74-55)60-79-39-24-35(61)52(31(8)73-39)80-53(65)40-27(4)42(57)48(51(70-12)47(40)68-10)78-54-46(64)49(69-11)44(62)30(7)75-54/h17-18,21,29-32,34-39,43-46,49-50,52,54-55,58,60-64H,14-16,24-26H2,1-13H3,(H,59,66)/b18-17-,33-21?,41-28-/t29-,30-,31+,32?,34-,35-,36-,37-,38-,39-,43+,44-,45-,46+,49+,50+,52+,54-,55-/m0/s1. The van der Waals surface area contributed by atoms with E-state index in [0.29, 0.717) is 46.2 Å². The number of carbonyl (C=O) groups is 2. The van der Waals surface area contributed by atoms with Crippen LogP contribution in [0, 0.1) is 40.1 Å². The van der Waals surface area contributed by atoms with E-state index in [9.17, 15) is 30.0 Å². The number of alkyl carbamates (subject to hydrolysis) is 1. The zero-order chi connectivity index (χ0) is 58.5. The van der Waals surface area contributed by atoms with E-state index in [0.717, 1.165) is 17.3 Å². The molecular weight excluding hydrogens is 1180 g/mol. The maximum Gasteiger partial charge on any atom is 0.411 e. The molecule has 6 rings (SSSR count). The van der Waals surface area contributed by atoms with Crippen LogP contribution in [0.15, 0.2) is 35.1 Å². The van der Waals surface area contributed by atoms with Gasteiger partial charge in [-0.3, -0.25) is 14.9 Å². The fourth-order valence-electron chi connectivity index (χ4n) is 10.3. The average molecular weight is 1260 g/mol. The highest BCUT2D eigenvalue weighted by atomic mass is 127. The van der Waals surface area contributed by atoms with E-state index in [1.807, 2.05) is 49.4 Å². The summed E-state index contributed by atoms with van der Waals surface area (Å²) in [4.78, 5) is 33.3. The number of hydroxylamine groups is 1. The van der Waals surface area contributed by atoms with Crippen LogP contribution in [0.4, 0.5) is 4.79 Å². The van der Waals surface area contributed by atoms with Crippen molar-refractivity contribution in [1.82, 2.24) is 16.1 Å². The van der Waals surface area contributed by atoms with E-state index in [1.165, 1.54) is 28.4 Å². The van der Waals surface area contributed by atoms with Gasteiger partial charge in [0.2, 0.25) is 17.2 Å². The monoisotopic (exact) mass is 1260 g/mol. The summed E-state index contributed by atoms with van der Waals surface area (Å²) in [5.41, 5.74) is 5.31. The number of ether oxygens (including phenoxy) is 12. The molecule has 22 nitrogen and oxygen atoms in total. The summed E-state index contributed by atoms with van der Waals surface area (Å²) >= 11 is 2.87. The highest BCUT2D eigenvalue weighted by Gasteiger charge is 2.50. The summed E-state index contributed by atoms with van der Waals surface area (Å²) < 4.78 is 72.9. The second kappa shape index (κ2) is 30.8. The largest absolute Gasteiger partial charge is 0.492 e. The summed E-state index contributed by atoms with van der Waals surface area (Å²) in [5, 5.41) is 50.7. The first-order valence-electron chi connectivity index (χ1n) is 26.9. The summed E-state index contributed by atoms with van der Waals surface area (Å²) in [5.74, 6) is 12.6. The molecule has 1 aromatic carbocycles. The van der Waals surface area contributed by atoms with Crippen molar-refractivity contribution >= 4 is 45.6 Å². The number of halogens is 1. The van der Waals surface area contributed by atoms with Gasteiger partial charge >= 0.3 is 6.09 Å². The lowest BCUT2D eigenvalue weighted by Crippen LogP contribution is -2.65. The van der Waals surface area contributed by atoms with Crippen LogP contribution in [0.3, 0.4) is 0 Å². The van der Waals surface area contributed by atoms with Gasteiger partial charge in [0.15, 0.2) is 30.4 Å². The van der Waals surface area contributed by atoms with Crippen molar-refractivity contribution in [3.63, 3.8) is 0 Å². The molecular formula is C56H80IN3O19S. The first-order chi connectivity index (χ1) is 38.3. The Labute approximate surface area is 487 Å². The summed E-state index contributed by atoms with van der Waals surface area (Å²) in [6.07, 6.45) is -9.46. The number of allylic oxidation sites excluding steroid dienone is 4. The molecule has 5 aliphatic rings. The topological polar surface area (TPSA) is 271 Å². The van der Waals surface area contributed by atoms with Crippen molar-refractivity contribution in [2.45, 2.75) is 191 Å². The minimum Gasteiger partial charge on any atom is -0.492 e. The molecule has 1 unspecified atom stereocenters. The maximum atomic E-state index is 14.4. The third kappa shape index (κ3) is 15.4. The highest BCUT2D eigenvalue weighted by molar-refractivity contribution is 14.1. The minimum absolute atomic E-state index is 0.0497. The minimum atomic E-state index is -1.41. The molecule has 1 aliphatic carbocycles. The lowest BCUT2D eigenvalue weighted by molar-refractivity contribution is -0.336. The number of benzene rings is 1. The fourth-order valence-corrected chi connectivity index (χ4v) is 12.1. The number of nitrogens with one attached hydrogen (secondary N) is 3. The van der Waals surface area contributed by atoms with E-state index in [2.05, 4.69) is 39.8 Å². The smallest absolute Gasteiger partial charge is 0.411 e. The second-order valence-corrected chi connectivity index (χ2v) is 22.0. The Balaban J connectivity index is 1.22. The number of hydrogen-bond donors (Lipinski definition) is 7. The zero-order valence-corrected chi connectivity index (χ0v) is 50.6. The zero-order valence-electron chi connectivity index (χ0n) is 47.6. The van der Waals surface area contributed by atoms with Gasteiger partial charge in [-0.1, -0.05) is 62.3 Å². The lowest BCUT2D eigenvalue weighted by atomic mass is 9.85. The van der Waals surface area contributed by atoms with Gasteiger partial charge in [0.25, 0.3) is 0 Å². The van der Waals surface area contributed by atoms with Gasteiger partial charge in [-0.2, -0.15) is 5.48 Å². The van der Waals surface area contributed by atoms with Gasteiger partial charge in [-0.25, -0.2) is 4.79 Å². The van der Waals surface area contributed by atoms with Crippen molar-refractivity contribution in [1.29, 1.82) is 0 Å². The molecule has 24 heteroatoms. The molecule has 4 aliphatic heterocycles. The van der Waals surface area contributed by atoms with Gasteiger partial charge in [-0.15, -0.1) is 0 Å². The van der Waals surface area contributed by atoms with E-state index < -0.39 is 109 Å². The van der Waals surface area contributed by atoms with Crippen LogP contribution < -0.4 is 30.3 Å². The number of aliphatic hydroxyl groups excluding tert-OH is 4. The summed E-state index contributed by atoms with van der Waals surface area (Å²) in [6, 6.07) is -1.10. The summed E-state index contributed by atoms with van der Waals surface area (Å²) in [6.45, 7) is 15.4. The predicted molar refractivity (Wildman–Crippen MR) is 301 cm³/mol. The molecule has 4 fully saturated rings. The molecule has 1 amide bonds. The molecule has 0 aromatic heterocycles. The molecule has 0 radical (unpaired) electrons. The van der Waals surface area contributed by atoms with Crippen LogP contribution in [-0.4, -0.2) is 190 Å². The van der Waals surface area contributed by atoms with E-state index in [-0.39, 0.29) is 53.9 Å². The van der Waals surface area contributed by atoms with Gasteiger partial charge in [0.05, 0.1) is 84.9 Å². The Bertz CT molecular complexity index is 2480. The Hall–Kier alpha value is -3.62. The summed E-state index contributed by atoms with van der Waals surface area (Å²) in [7, 11) is 7.01. The number of aliphatic hydroxyl groups is 4. The van der Waals surface area contributed by atoms with Crippen LogP contribution >= 0.6 is 34.4 Å². The van der Waals surface area contributed by atoms with Crippen molar-refractivity contribution < 1.29 is 91.7 Å². The van der Waals surface area contributed by atoms with Gasteiger partial charge in [0, 0.05) is 44.2 Å². The highest BCUT2D eigenvalue weighted by Crippen LogP contribution is 2.49. The Kier molecular flexibility index (Phi) is 25.2. The van der Waals surface area contributed by atoms with E-state index in [1.54, 1.807) is 53.9 Å². The Morgan fingerprint density at radius 2 is 1.52 bits per heavy atom. The van der Waals surface area contributed by atoms with Gasteiger partial charge in [0.1, 0.15) is 36.6 Å². The van der Waals surface area contributed by atoms with Crippen LogP contribution in [0.1, 0.15) is 90.1 Å². The Morgan fingerprint density at radius 1 is 0.825 bits per heavy atom. The number of rotatable bonds is 20. The molecule has 446 valence electrons. The molecule has 0 saturated carbocycles. The van der Waals surface area contributed by atoms with Crippen LogP contribution in [0.5, 0.6) is 17.2 Å². The number of methoxy groups -OCH3 is 5. The lowest BCUT2D eigenvalue weighted by Gasteiger charge is -2.46. The molecule has 1 aromatic rings. The molecule has 4 heterocycles. The van der Waals surface area contributed by atoms with E-state index >= 15 is 0 Å². The number of hydrogen-bond acceptors (Lipinski definition) is 22. The SMILES string of the molecule is CCC=C1/C(=C(\C)NC(=O)OC)[C@@H](O[C@@H]2O[C@@H](C)[C@@H](NO[C@H]3C[C@H](O)[C@H](SC(=O)c4c(C)c(I)c(O[C@@H]5O[C@@H](C)[C@H](O)[C@@H](OC)[C@H]5O)c(OC)c4OC)[C@@H](C)O3)[C@H](O)[C@H]2O[C@H]2C[C@H](OC)[C@@H](NCC)CO2)C#C/C=C\C#CC1CC. The first kappa shape index (κ1) is 65.5. The maximum absolute atomic E-state index is 14.4. The van der Waals surface area contributed by atoms with Crippen molar-refractivity contribution in [3.8, 4) is 40.9 Å². The average Bonchev–Trinajstić information content (AvgIpc) is 3.48. The number of carbonyl (C=O) groups excluding carboxylic acids is 2. The third-order valence-corrected chi connectivity index (χ3v) is 17.2. The molecule has 0 spiro atoms. The first-order valence-corrected chi connectivity index (χ1v) is 28.8. The Morgan fingerprint density at radius 3 is 2.15 bits per heavy atom. The normalized spacial score (nSPS) is 36.1. The number of amides is 1. The second-order valence-electron chi connectivity index (χ2n) is 19.8. The van der Waals surface area contributed by atoms with Crippen LogP contribution in [0.25, 0.3) is 0 Å². The van der Waals surface area contributed by atoms with Crippen LogP contribution in [-0.2, 0) is 47.5 Å². The molecule has 0 bridgehead atoms. The van der Waals surface area contributed by atoms with Crippen molar-refractivity contribution in [2.24, 2.45) is 5.92 Å². The number of likely N-dealkylation sites (N-methyl/N-ethyl adjacent to an activating group) is 1. The molecule has 4 saturated heterocycles. The van der Waals surface area contributed by atoms with Crippen molar-refractivity contribution in [3.05, 3.63) is 49.8 Å². The molecule has 19 atom stereocenters. The predicted octanol–water partition coefficient (Wildman–Crippen LogP) is 4.29. The van der Waals surface area contributed by atoms with Crippen LogP contribution in [0.2, 0.25) is 0 Å². The third-order valence-electron chi connectivity index (χ3n) is 14.6. The van der Waals surface area contributed by atoms with Gasteiger partial charge < -0.3 is 82.6 Å². The van der Waals surface area contributed by atoms with Crippen molar-refractivity contribution in [2.75, 3.05) is 48.7 Å². The fraction of sp³-hybridized carbons (Fsp3) is 0.679. The van der Waals surface area contributed by atoms with Gasteiger partial charge in [-0.05, 0) is 99.9 Å². The molecule has 80 heavy (non-hydrogen) atoms. The van der Waals surface area contributed by atoms with E-state index in [4.69, 9.17) is 61.7 Å². The quantitative estimate of drug-likeness (QED) is 0.0545.